The number of carbonyl (C=O) groups excluding carboxylic acids is 1. The lowest BCUT2D eigenvalue weighted by Gasteiger charge is -2.32. The second kappa shape index (κ2) is 11.2. The minimum Gasteiger partial charge on any atom is -0.361 e. The average molecular weight is 454 g/mol. The molecule has 0 aliphatic carbocycles. The van der Waals surface area contributed by atoms with Gasteiger partial charge in [-0.15, -0.1) is 10.2 Å². The number of benzene rings is 1. The largest absolute Gasteiger partial charge is 0.361 e. The zero-order valence-corrected chi connectivity index (χ0v) is 20.2. The highest BCUT2D eigenvalue weighted by Gasteiger charge is 2.21. The minimum absolute atomic E-state index is 0.147. The standard InChI is InChI=1S/C25H35N5OS/c1-3-4-7-19(16-20-18-26-22-9-6-5-8-21(20)22)17-23(31)25-28-27-24(32-25)10-11-30-14-12-29(2)13-15-30/h5-6,8-9,18-19,26H,3-4,7,10-17H2,1-2H3. The number of Topliss-reactive ketones (excluding diaryl/α,β-unsaturated/α-hetero) is 1. The summed E-state index contributed by atoms with van der Waals surface area (Å²) < 4.78 is 0. The topological polar surface area (TPSA) is 65.1 Å². The Labute approximate surface area is 195 Å². The van der Waals surface area contributed by atoms with Crippen molar-refractivity contribution in [3.8, 4) is 0 Å². The molecule has 0 amide bonds. The van der Waals surface area contributed by atoms with Gasteiger partial charge >= 0.3 is 0 Å². The van der Waals surface area contributed by atoms with Crippen molar-refractivity contribution in [1.82, 2.24) is 25.0 Å². The fraction of sp³-hybridized carbons (Fsp3) is 0.560. The van der Waals surface area contributed by atoms with Crippen LogP contribution >= 0.6 is 11.3 Å². The number of para-hydroxylation sites is 1. The van der Waals surface area contributed by atoms with Gasteiger partial charge in [-0.1, -0.05) is 49.3 Å². The van der Waals surface area contributed by atoms with Crippen molar-refractivity contribution in [1.29, 1.82) is 0 Å². The van der Waals surface area contributed by atoms with E-state index in [0.29, 0.717) is 17.3 Å². The van der Waals surface area contributed by atoms with Crippen LogP contribution in [0.25, 0.3) is 10.9 Å². The molecular formula is C25H35N5OS. The molecule has 1 atom stereocenters. The van der Waals surface area contributed by atoms with Crippen molar-refractivity contribution < 1.29 is 4.79 Å². The highest BCUT2D eigenvalue weighted by atomic mass is 32.1. The van der Waals surface area contributed by atoms with E-state index in [2.05, 4.69) is 69.4 Å². The van der Waals surface area contributed by atoms with Crippen LogP contribution in [0.2, 0.25) is 0 Å². The van der Waals surface area contributed by atoms with Gasteiger partial charge in [0.1, 0.15) is 5.01 Å². The first kappa shape index (κ1) is 23.1. The van der Waals surface area contributed by atoms with Gasteiger partial charge < -0.3 is 14.8 Å². The lowest BCUT2D eigenvalue weighted by molar-refractivity contribution is 0.0957. The molecule has 3 heterocycles. The van der Waals surface area contributed by atoms with Crippen molar-refractivity contribution in [2.45, 2.75) is 45.4 Å². The first-order valence-corrected chi connectivity index (χ1v) is 12.8. The number of ketones is 1. The number of aromatic nitrogens is 3. The van der Waals surface area contributed by atoms with Crippen molar-refractivity contribution in [2.24, 2.45) is 5.92 Å². The van der Waals surface area contributed by atoms with Crippen LogP contribution in [0.5, 0.6) is 0 Å². The lowest BCUT2D eigenvalue weighted by Crippen LogP contribution is -2.45. The maximum atomic E-state index is 13.0. The van der Waals surface area contributed by atoms with Crippen LogP contribution in [-0.2, 0) is 12.8 Å². The van der Waals surface area contributed by atoms with Gasteiger partial charge in [0.15, 0.2) is 10.8 Å². The number of nitrogens with zero attached hydrogens (tertiary/aromatic N) is 4. The summed E-state index contributed by atoms with van der Waals surface area (Å²) in [6.07, 6.45) is 7.81. The zero-order chi connectivity index (χ0) is 22.3. The molecule has 0 radical (unpaired) electrons. The molecule has 32 heavy (non-hydrogen) atoms. The zero-order valence-electron chi connectivity index (χ0n) is 19.3. The van der Waals surface area contributed by atoms with Crippen molar-refractivity contribution in [3.63, 3.8) is 0 Å². The lowest BCUT2D eigenvalue weighted by atomic mass is 9.89. The number of nitrogens with one attached hydrogen (secondary N) is 1. The van der Waals surface area contributed by atoms with E-state index in [1.165, 1.54) is 22.3 Å². The molecule has 1 fully saturated rings. The molecule has 172 valence electrons. The Morgan fingerprint density at radius 3 is 2.81 bits per heavy atom. The average Bonchev–Trinajstić information content (AvgIpc) is 3.45. The van der Waals surface area contributed by atoms with Crippen molar-refractivity contribution in [2.75, 3.05) is 39.8 Å². The highest BCUT2D eigenvalue weighted by molar-refractivity contribution is 7.13. The van der Waals surface area contributed by atoms with Crippen LogP contribution in [0, 0.1) is 5.92 Å². The smallest absolute Gasteiger partial charge is 0.193 e. The first-order chi connectivity index (χ1) is 15.6. The number of likely N-dealkylation sites (N-methyl/N-ethyl adjacent to an activating group) is 1. The van der Waals surface area contributed by atoms with Gasteiger partial charge in [0.25, 0.3) is 0 Å². The molecule has 3 aromatic rings. The van der Waals surface area contributed by atoms with Gasteiger partial charge in [0.05, 0.1) is 0 Å². The fourth-order valence-corrected chi connectivity index (χ4v) is 5.30. The summed E-state index contributed by atoms with van der Waals surface area (Å²) in [7, 11) is 2.17. The number of hydrogen-bond donors (Lipinski definition) is 1. The Morgan fingerprint density at radius 1 is 1.19 bits per heavy atom. The molecule has 0 bridgehead atoms. The summed E-state index contributed by atoms with van der Waals surface area (Å²) in [6.45, 7) is 7.66. The van der Waals surface area contributed by atoms with Gasteiger partial charge in [-0.25, -0.2) is 0 Å². The van der Waals surface area contributed by atoms with E-state index in [4.69, 9.17) is 0 Å². The molecule has 1 aliphatic rings. The number of rotatable bonds is 11. The number of fused-ring (bicyclic) bond motifs is 1. The molecular weight excluding hydrogens is 418 g/mol. The maximum absolute atomic E-state index is 13.0. The maximum Gasteiger partial charge on any atom is 0.193 e. The summed E-state index contributed by atoms with van der Waals surface area (Å²) in [5, 5.41) is 11.4. The van der Waals surface area contributed by atoms with E-state index >= 15 is 0 Å². The first-order valence-electron chi connectivity index (χ1n) is 11.9. The summed E-state index contributed by atoms with van der Waals surface area (Å²) in [5.41, 5.74) is 2.47. The minimum atomic E-state index is 0.147. The third-order valence-electron chi connectivity index (χ3n) is 6.57. The Kier molecular flexibility index (Phi) is 8.05. The molecule has 6 nitrogen and oxygen atoms in total. The molecule has 1 saturated heterocycles. The SMILES string of the molecule is CCCCC(CC(=O)c1nnc(CCN2CCN(C)CC2)s1)Cc1c[nH]c2ccccc12. The molecule has 0 spiro atoms. The predicted octanol–water partition coefficient (Wildman–Crippen LogP) is 4.43. The van der Waals surface area contributed by atoms with E-state index in [0.717, 1.165) is 75.4 Å². The predicted molar refractivity (Wildman–Crippen MR) is 132 cm³/mol. The van der Waals surface area contributed by atoms with Crippen LogP contribution in [0.4, 0.5) is 0 Å². The Bertz CT molecular complexity index is 1000. The summed E-state index contributed by atoms with van der Waals surface area (Å²) >= 11 is 1.49. The van der Waals surface area contributed by atoms with E-state index in [9.17, 15) is 4.79 Å². The Morgan fingerprint density at radius 2 is 2.00 bits per heavy atom. The Balaban J connectivity index is 1.34. The van der Waals surface area contributed by atoms with E-state index < -0.39 is 0 Å². The molecule has 2 aromatic heterocycles. The van der Waals surface area contributed by atoms with Crippen LogP contribution in [-0.4, -0.2) is 70.5 Å². The van der Waals surface area contributed by atoms with E-state index in [-0.39, 0.29) is 5.78 Å². The second-order valence-electron chi connectivity index (χ2n) is 9.10. The third-order valence-corrected chi connectivity index (χ3v) is 7.59. The van der Waals surface area contributed by atoms with E-state index in [1.807, 2.05) is 0 Å². The number of carbonyl (C=O) groups is 1. The molecule has 1 N–H and O–H groups in total. The molecule has 4 rings (SSSR count). The van der Waals surface area contributed by atoms with Crippen LogP contribution < -0.4 is 0 Å². The summed E-state index contributed by atoms with van der Waals surface area (Å²) in [6, 6.07) is 8.40. The number of hydrogen-bond acceptors (Lipinski definition) is 6. The van der Waals surface area contributed by atoms with Crippen LogP contribution in [0.15, 0.2) is 30.5 Å². The summed E-state index contributed by atoms with van der Waals surface area (Å²) in [5.74, 6) is 0.480. The van der Waals surface area contributed by atoms with Gasteiger partial charge in [-0.2, -0.15) is 0 Å². The monoisotopic (exact) mass is 453 g/mol. The van der Waals surface area contributed by atoms with Crippen molar-refractivity contribution in [3.05, 3.63) is 46.0 Å². The van der Waals surface area contributed by atoms with Gasteiger partial charge in [-0.3, -0.25) is 4.79 Å². The fourth-order valence-electron chi connectivity index (χ4n) is 4.52. The molecule has 1 aromatic carbocycles. The van der Waals surface area contributed by atoms with Gasteiger partial charge in [-0.05, 0) is 37.4 Å². The quantitative estimate of drug-likeness (QED) is 0.435. The number of unbranched alkanes of at least 4 members (excludes halogenated alkanes) is 1. The van der Waals surface area contributed by atoms with E-state index in [1.54, 1.807) is 0 Å². The molecule has 0 saturated carbocycles. The van der Waals surface area contributed by atoms with Crippen LogP contribution in [0.1, 0.15) is 53.0 Å². The third kappa shape index (κ3) is 6.03. The molecule has 7 heteroatoms. The Hall–Kier alpha value is -2.09. The molecule has 1 unspecified atom stereocenters. The second-order valence-corrected chi connectivity index (χ2v) is 10.2. The highest BCUT2D eigenvalue weighted by Crippen LogP contribution is 2.26. The van der Waals surface area contributed by atoms with Crippen molar-refractivity contribution >= 4 is 28.0 Å². The number of H-pyrrole nitrogens is 1. The van der Waals surface area contributed by atoms with Gasteiger partial charge in [0.2, 0.25) is 0 Å². The number of piperazine rings is 1. The van der Waals surface area contributed by atoms with Crippen LogP contribution in [0.3, 0.4) is 0 Å². The normalized spacial score (nSPS) is 16.6. The van der Waals surface area contributed by atoms with Gasteiger partial charge in [0, 0.05) is 62.7 Å². The number of aromatic amines is 1. The molecule has 1 aliphatic heterocycles. The summed E-state index contributed by atoms with van der Waals surface area (Å²) in [4.78, 5) is 21.3.